The van der Waals surface area contributed by atoms with E-state index in [1.54, 1.807) is 12.4 Å². The van der Waals surface area contributed by atoms with Crippen LogP contribution in [0.1, 0.15) is 36.0 Å². The molecule has 0 atom stereocenters. The van der Waals surface area contributed by atoms with E-state index in [1.807, 2.05) is 23.1 Å². The van der Waals surface area contributed by atoms with Gasteiger partial charge >= 0.3 is 0 Å². The van der Waals surface area contributed by atoms with Gasteiger partial charge in [0.15, 0.2) is 0 Å². The van der Waals surface area contributed by atoms with Crippen LogP contribution in [0.5, 0.6) is 0 Å². The van der Waals surface area contributed by atoms with Gasteiger partial charge < -0.3 is 4.90 Å². The van der Waals surface area contributed by atoms with E-state index in [0.717, 1.165) is 36.4 Å². The van der Waals surface area contributed by atoms with Crippen molar-refractivity contribution in [1.82, 2.24) is 9.88 Å². The van der Waals surface area contributed by atoms with Gasteiger partial charge in [-0.15, -0.1) is 11.3 Å². The molecule has 0 spiro atoms. The second-order valence-electron chi connectivity index (χ2n) is 5.24. The van der Waals surface area contributed by atoms with Crippen molar-refractivity contribution in [2.75, 3.05) is 13.1 Å². The van der Waals surface area contributed by atoms with Crippen LogP contribution in [0.3, 0.4) is 0 Å². The average Bonchev–Trinajstić information content (AvgIpc) is 2.74. The molecule has 3 nitrogen and oxygen atoms in total. The molecule has 0 unspecified atom stereocenters. The lowest BCUT2D eigenvalue weighted by Crippen LogP contribution is -2.31. The summed E-state index contributed by atoms with van der Waals surface area (Å²) in [4.78, 5) is 19.6. The number of likely N-dealkylation sites (tertiary alicyclic amines) is 1. The lowest BCUT2D eigenvalue weighted by atomic mass is 10.2. The van der Waals surface area contributed by atoms with E-state index >= 15 is 0 Å². The molecule has 2 aromatic heterocycles. The van der Waals surface area contributed by atoms with E-state index in [1.165, 1.54) is 24.2 Å². The summed E-state index contributed by atoms with van der Waals surface area (Å²) in [5, 5.41) is 0. The number of thiophene rings is 1. The van der Waals surface area contributed by atoms with Gasteiger partial charge in [-0.2, -0.15) is 0 Å². The summed E-state index contributed by atoms with van der Waals surface area (Å²) in [5.74, 6) is 0.0680. The number of hydrogen-bond donors (Lipinski definition) is 0. The molecule has 0 bridgehead atoms. The molecular formula is C16H17ClN2OS. The van der Waals surface area contributed by atoms with E-state index in [4.69, 9.17) is 11.6 Å². The molecule has 3 rings (SSSR count). The third-order valence-corrected chi connectivity index (χ3v) is 5.18. The van der Waals surface area contributed by atoms with Gasteiger partial charge in [0, 0.05) is 30.4 Å². The zero-order valence-electron chi connectivity index (χ0n) is 11.7. The van der Waals surface area contributed by atoms with E-state index in [9.17, 15) is 4.79 Å². The quantitative estimate of drug-likeness (QED) is 0.817. The zero-order valence-corrected chi connectivity index (χ0v) is 13.3. The maximum Gasteiger partial charge on any atom is 0.256 e. The van der Waals surface area contributed by atoms with Gasteiger partial charge in [-0.1, -0.05) is 24.4 Å². The van der Waals surface area contributed by atoms with Crippen LogP contribution in [0, 0.1) is 0 Å². The minimum absolute atomic E-state index is 0.0680. The molecule has 1 saturated heterocycles. The fourth-order valence-corrected chi connectivity index (χ4v) is 3.88. The van der Waals surface area contributed by atoms with Crippen molar-refractivity contribution in [2.24, 2.45) is 0 Å². The fraction of sp³-hybridized carbons (Fsp3) is 0.375. The van der Waals surface area contributed by atoms with Gasteiger partial charge in [0.2, 0.25) is 0 Å². The van der Waals surface area contributed by atoms with Crippen molar-refractivity contribution in [3.05, 3.63) is 40.5 Å². The van der Waals surface area contributed by atoms with Crippen LogP contribution >= 0.6 is 22.9 Å². The Kier molecular flexibility index (Phi) is 4.56. The Balaban J connectivity index is 1.85. The Morgan fingerprint density at radius 3 is 2.48 bits per heavy atom. The second-order valence-corrected chi connectivity index (χ2v) is 6.89. The van der Waals surface area contributed by atoms with E-state index in [-0.39, 0.29) is 5.91 Å². The molecule has 3 heterocycles. The molecule has 1 amide bonds. The number of halogens is 1. The molecule has 21 heavy (non-hydrogen) atoms. The number of pyridine rings is 1. The van der Waals surface area contributed by atoms with Crippen molar-refractivity contribution in [1.29, 1.82) is 0 Å². The van der Waals surface area contributed by atoms with Crippen LogP contribution in [0.15, 0.2) is 30.6 Å². The Bertz CT molecular complexity index is 618. The lowest BCUT2D eigenvalue weighted by Gasteiger charge is -2.19. The average molecular weight is 321 g/mol. The molecule has 0 saturated carbocycles. The fourth-order valence-electron chi connectivity index (χ4n) is 2.62. The normalized spacial score (nSPS) is 15.8. The molecule has 1 fully saturated rings. The minimum Gasteiger partial charge on any atom is -0.339 e. The largest absolute Gasteiger partial charge is 0.339 e. The molecule has 0 N–H and O–H groups in total. The first-order chi connectivity index (χ1) is 10.3. The van der Waals surface area contributed by atoms with E-state index in [0.29, 0.717) is 9.90 Å². The van der Waals surface area contributed by atoms with Gasteiger partial charge in [0.1, 0.15) is 4.34 Å². The number of carbonyl (C=O) groups is 1. The summed E-state index contributed by atoms with van der Waals surface area (Å²) in [7, 11) is 0. The number of carbonyl (C=O) groups excluding carboxylic acids is 1. The Morgan fingerprint density at radius 2 is 1.81 bits per heavy atom. The highest BCUT2D eigenvalue weighted by Crippen LogP contribution is 2.35. The highest BCUT2D eigenvalue weighted by atomic mass is 35.5. The Morgan fingerprint density at radius 1 is 1.14 bits per heavy atom. The number of nitrogens with zero attached hydrogens (tertiary/aromatic N) is 2. The van der Waals surface area contributed by atoms with Crippen molar-refractivity contribution in [3.8, 4) is 10.4 Å². The summed E-state index contributed by atoms with van der Waals surface area (Å²) in [5.41, 5.74) is 1.68. The molecule has 0 radical (unpaired) electrons. The number of rotatable bonds is 2. The lowest BCUT2D eigenvalue weighted by molar-refractivity contribution is 0.0762. The number of aromatic nitrogens is 1. The van der Waals surface area contributed by atoms with Crippen LogP contribution < -0.4 is 0 Å². The SMILES string of the molecule is O=C(c1cc(-c2ccncc2)sc1Cl)N1CCCCCC1. The summed E-state index contributed by atoms with van der Waals surface area (Å²) in [6, 6.07) is 5.78. The highest BCUT2D eigenvalue weighted by Gasteiger charge is 2.22. The molecule has 110 valence electrons. The van der Waals surface area contributed by atoms with Crippen LogP contribution in [0.2, 0.25) is 4.34 Å². The Hall–Kier alpha value is -1.39. The molecule has 2 aromatic rings. The monoisotopic (exact) mass is 320 g/mol. The second kappa shape index (κ2) is 6.58. The van der Waals surface area contributed by atoms with E-state index in [2.05, 4.69) is 4.98 Å². The molecule has 0 aliphatic carbocycles. The first-order valence-corrected chi connectivity index (χ1v) is 8.44. The van der Waals surface area contributed by atoms with Crippen molar-refractivity contribution >= 4 is 28.8 Å². The first kappa shape index (κ1) is 14.5. The molecule has 5 heteroatoms. The van der Waals surface area contributed by atoms with Gasteiger partial charge in [-0.05, 0) is 36.6 Å². The van der Waals surface area contributed by atoms with Crippen molar-refractivity contribution in [3.63, 3.8) is 0 Å². The predicted molar refractivity (Wildman–Crippen MR) is 86.9 cm³/mol. The molecule has 0 aromatic carbocycles. The van der Waals surface area contributed by atoms with Gasteiger partial charge in [-0.3, -0.25) is 9.78 Å². The summed E-state index contributed by atoms with van der Waals surface area (Å²) in [6.45, 7) is 1.69. The maximum absolute atomic E-state index is 12.7. The van der Waals surface area contributed by atoms with Gasteiger partial charge in [-0.25, -0.2) is 0 Å². The van der Waals surface area contributed by atoms with E-state index < -0.39 is 0 Å². The maximum atomic E-state index is 12.7. The topological polar surface area (TPSA) is 33.2 Å². The van der Waals surface area contributed by atoms with Crippen LogP contribution in [0.4, 0.5) is 0 Å². The highest BCUT2D eigenvalue weighted by molar-refractivity contribution is 7.19. The third-order valence-electron chi connectivity index (χ3n) is 3.78. The standard InChI is InChI=1S/C16H17ClN2OS/c17-15-13(16(20)19-9-3-1-2-4-10-19)11-14(21-15)12-5-7-18-8-6-12/h5-8,11H,1-4,9-10H2. The van der Waals surface area contributed by atoms with Crippen molar-refractivity contribution in [2.45, 2.75) is 25.7 Å². The summed E-state index contributed by atoms with van der Waals surface area (Å²) in [6.07, 6.45) is 8.10. The smallest absolute Gasteiger partial charge is 0.256 e. The molecular weight excluding hydrogens is 304 g/mol. The summed E-state index contributed by atoms with van der Waals surface area (Å²) < 4.78 is 0.580. The van der Waals surface area contributed by atoms with Gasteiger partial charge in [0.05, 0.1) is 5.56 Å². The zero-order chi connectivity index (χ0) is 14.7. The Labute approximate surface area is 133 Å². The third kappa shape index (κ3) is 3.27. The molecule has 1 aliphatic heterocycles. The summed E-state index contributed by atoms with van der Waals surface area (Å²) >= 11 is 7.76. The first-order valence-electron chi connectivity index (χ1n) is 7.25. The molecule has 1 aliphatic rings. The predicted octanol–water partition coefficient (Wildman–Crippen LogP) is 4.48. The van der Waals surface area contributed by atoms with Crippen LogP contribution in [-0.4, -0.2) is 28.9 Å². The van der Waals surface area contributed by atoms with Crippen LogP contribution in [-0.2, 0) is 0 Å². The minimum atomic E-state index is 0.0680. The number of hydrogen-bond acceptors (Lipinski definition) is 3. The van der Waals surface area contributed by atoms with Crippen molar-refractivity contribution < 1.29 is 4.79 Å². The van der Waals surface area contributed by atoms with Crippen LogP contribution in [0.25, 0.3) is 10.4 Å². The number of amides is 1. The van der Waals surface area contributed by atoms with Gasteiger partial charge in [0.25, 0.3) is 5.91 Å².